The quantitative estimate of drug-likeness (QED) is 0.709. The number of hydrogen-bond acceptors (Lipinski definition) is 1. The van der Waals surface area contributed by atoms with Crippen LogP contribution in [-0.2, 0) is 11.3 Å². The van der Waals surface area contributed by atoms with E-state index in [-0.39, 0.29) is 0 Å². The molecule has 1 atom stereocenters. The van der Waals surface area contributed by atoms with Crippen molar-refractivity contribution >= 4 is 23.0 Å². The second-order valence-corrected chi connectivity index (χ2v) is 5.39. The zero-order valence-corrected chi connectivity index (χ0v) is 12.4. The van der Waals surface area contributed by atoms with Crippen molar-refractivity contribution in [1.29, 1.82) is 0 Å². The van der Waals surface area contributed by atoms with Crippen LogP contribution < -0.4 is 5.32 Å². The molecule has 3 nitrogen and oxygen atoms in total. The van der Waals surface area contributed by atoms with Gasteiger partial charge in [0.2, 0.25) is 6.41 Å². The second kappa shape index (κ2) is 7.13. The SMILES string of the molecule is CCCCC(CC)Cn1cc(NC=O)c2ccccc21. The lowest BCUT2D eigenvalue weighted by molar-refractivity contribution is -0.105. The summed E-state index contributed by atoms with van der Waals surface area (Å²) < 4.78 is 2.28. The smallest absolute Gasteiger partial charge is 0.211 e. The molecule has 1 heterocycles. The molecule has 20 heavy (non-hydrogen) atoms. The molecule has 0 aliphatic heterocycles. The Kier molecular flexibility index (Phi) is 5.22. The number of hydrogen-bond donors (Lipinski definition) is 1. The van der Waals surface area contributed by atoms with Crippen molar-refractivity contribution in [3.63, 3.8) is 0 Å². The zero-order chi connectivity index (χ0) is 14.4. The van der Waals surface area contributed by atoms with Crippen LogP contribution in [0.2, 0.25) is 0 Å². The number of benzene rings is 1. The molecular formula is C17H24N2O. The number of rotatable bonds is 8. The number of amides is 1. The molecule has 1 aromatic carbocycles. The number of anilines is 1. The Hall–Kier alpha value is -1.77. The molecule has 0 radical (unpaired) electrons. The van der Waals surface area contributed by atoms with E-state index in [2.05, 4.69) is 48.1 Å². The van der Waals surface area contributed by atoms with Crippen LogP contribution in [-0.4, -0.2) is 11.0 Å². The summed E-state index contributed by atoms with van der Waals surface area (Å²) in [5.74, 6) is 0.704. The fourth-order valence-corrected chi connectivity index (χ4v) is 2.77. The first-order valence-corrected chi connectivity index (χ1v) is 7.58. The summed E-state index contributed by atoms with van der Waals surface area (Å²) in [6, 6.07) is 8.25. The monoisotopic (exact) mass is 272 g/mol. The van der Waals surface area contributed by atoms with Gasteiger partial charge in [-0.2, -0.15) is 0 Å². The highest BCUT2D eigenvalue weighted by molar-refractivity contribution is 5.96. The van der Waals surface area contributed by atoms with Gasteiger partial charge in [-0.1, -0.05) is 51.3 Å². The molecule has 1 aromatic heterocycles. The zero-order valence-electron chi connectivity index (χ0n) is 12.4. The average molecular weight is 272 g/mol. The van der Waals surface area contributed by atoms with Crippen LogP contribution in [0.4, 0.5) is 5.69 Å². The number of nitrogens with one attached hydrogen (secondary N) is 1. The van der Waals surface area contributed by atoms with E-state index >= 15 is 0 Å². The molecule has 0 aliphatic carbocycles. The molecule has 0 saturated heterocycles. The van der Waals surface area contributed by atoms with Crippen molar-refractivity contribution in [3.05, 3.63) is 30.5 Å². The molecule has 0 fully saturated rings. The topological polar surface area (TPSA) is 34.0 Å². The second-order valence-electron chi connectivity index (χ2n) is 5.39. The largest absolute Gasteiger partial charge is 0.345 e. The summed E-state index contributed by atoms with van der Waals surface area (Å²) in [7, 11) is 0. The van der Waals surface area contributed by atoms with E-state index < -0.39 is 0 Å². The Bertz CT molecular complexity index is 559. The van der Waals surface area contributed by atoms with Gasteiger partial charge in [0.15, 0.2) is 0 Å². The predicted octanol–water partition coefficient (Wildman–Crippen LogP) is 4.43. The van der Waals surface area contributed by atoms with Crippen molar-refractivity contribution < 1.29 is 4.79 Å². The predicted molar refractivity (Wildman–Crippen MR) is 84.9 cm³/mol. The highest BCUT2D eigenvalue weighted by Gasteiger charge is 2.11. The maximum Gasteiger partial charge on any atom is 0.211 e. The van der Waals surface area contributed by atoms with E-state index in [1.54, 1.807) is 0 Å². The highest BCUT2D eigenvalue weighted by Crippen LogP contribution is 2.27. The summed E-state index contributed by atoms with van der Waals surface area (Å²) in [5, 5.41) is 3.92. The molecule has 2 aromatic rings. The Morgan fingerprint density at radius 2 is 2.10 bits per heavy atom. The van der Waals surface area contributed by atoms with Crippen molar-refractivity contribution in [2.24, 2.45) is 5.92 Å². The summed E-state index contributed by atoms with van der Waals surface area (Å²) in [6.07, 6.45) is 7.82. The third-order valence-electron chi connectivity index (χ3n) is 4.00. The number of fused-ring (bicyclic) bond motifs is 1. The Morgan fingerprint density at radius 1 is 1.30 bits per heavy atom. The van der Waals surface area contributed by atoms with Gasteiger partial charge >= 0.3 is 0 Å². The molecular weight excluding hydrogens is 248 g/mol. The molecule has 0 bridgehead atoms. The minimum absolute atomic E-state index is 0.704. The number of aromatic nitrogens is 1. The number of carbonyl (C=O) groups is 1. The van der Waals surface area contributed by atoms with Crippen LogP contribution in [0.5, 0.6) is 0 Å². The molecule has 108 valence electrons. The fourth-order valence-electron chi connectivity index (χ4n) is 2.77. The lowest BCUT2D eigenvalue weighted by Gasteiger charge is -2.16. The molecule has 0 saturated carbocycles. The van der Waals surface area contributed by atoms with Crippen molar-refractivity contribution in [1.82, 2.24) is 4.57 Å². The molecule has 0 aliphatic rings. The third kappa shape index (κ3) is 3.21. The van der Waals surface area contributed by atoms with Crippen LogP contribution >= 0.6 is 0 Å². The Morgan fingerprint density at radius 3 is 2.80 bits per heavy atom. The maximum atomic E-state index is 10.7. The summed E-state index contributed by atoms with van der Waals surface area (Å²) in [6.45, 7) is 5.53. The van der Waals surface area contributed by atoms with Crippen molar-refractivity contribution in [2.75, 3.05) is 5.32 Å². The maximum absolute atomic E-state index is 10.7. The minimum Gasteiger partial charge on any atom is -0.345 e. The minimum atomic E-state index is 0.704. The summed E-state index contributed by atoms with van der Waals surface area (Å²) in [5.41, 5.74) is 2.10. The summed E-state index contributed by atoms with van der Waals surface area (Å²) in [4.78, 5) is 10.7. The third-order valence-corrected chi connectivity index (χ3v) is 4.00. The van der Waals surface area contributed by atoms with Gasteiger partial charge in [-0.25, -0.2) is 0 Å². The van der Waals surface area contributed by atoms with Crippen molar-refractivity contribution in [3.8, 4) is 0 Å². The summed E-state index contributed by atoms with van der Waals surface area (Å²) >= 11 is 0. The van der Waals surface area contributed by atoms with E-state index in [1.807, 2.05) is 6.07 Å². The number of nitrogens with zero attached hydrogens (tertiary/aromatic N) is 1. The molecule has 1 amide bonds. The lowest BCUT2D eigenvalue weighted by atomic mass is 9.99. The van der Waals surface area contributed by atoms with Crippen LogP contribution in [0.15, 0.2) is 30.5 Å². The number of unbranched alkanes of at least 4 members (excludes halogenated alkanes) is 1. The first kappa shape index (κ1) is 14.6. The molecule has 3 heteroatoms. The van der Waals surface area contributed by atoms with Crippen LogP contribution in [0.25, 0.3) is 10.9 Å². The molecule has 1 unspecified atom stereocenters. The van der Waals surface area contributed by atoms with Crippen LogP contribution in [0.3, 0.4) is 0 Å². The molecule has 1 N–H and O–H groups in total. The van der Waals surface area contributed by atoms with Gasteiger partial charge in [0.1, 0.15) is 0 Å². The fraction of sp³-hybridized carbons (Fsp3) is 0.471. The molecule has 2 rings (SSSR count). The van der Waals surface area contributed by atoms with Gasteiger partial charge in [0.05, 0.1) is 11.2 Å². The van der Waals surface area contributed by atoms with E-state index in [0.717, 1.165) is 24.0 Å². The van der Waals surface area contributed by atoms with Crippen LogP contribution in [0.1, 0.15) is 39.5 Å². The van der Waals surface area contributed by atoms with Gasteiger partial charge < -0.3 is 9.88 Å². The standard InChI is InChI=1S/C17H24N2O/c1-3-5-8-14(4-2)11-19-12-16(18-13-20)15-9-6-7-10-17(15)19/h6-7,9-10,12-14H,3-5,8,11H2,1-2H3,(H,18,20). The molecule has 0 spiro atoms. The van der Waals surface area contributed by atoms with Gasteiger partial charge in [-0.3, -0.25) is 4.79 Å². The van der Waals surface area contributed by atoms with Gasteiger partial charge in [0.25, 0.3) is 0 Å². The highest BCUT2D eigenvalue weighted by atomic mass is 16.1. The van der Waals surface area contributed by atoms with E-state index in [1.165, 1.54) is 31.2 Å². The van der Waals surface area contributed by atoms with E-state index in [9.17, 15) is 4.79 Å². The van der Waals surface area contributed by atoms with Crippen LogP contribution in [0, 0.1) is 5.92 Å². The Labute approximate surface area is 121 Å². The first-order chi connectivity index (χ1) is 9.80. The van der Waals surface area contributed by atoms with Gasteiger partial charge in [-0.05, 0) is 18.4 Å². The van der Waals surface area contributed by atoms with E-state index in [4.69, 9.17) is 0 Å². The van der Waals surface area contributed by atoms with Gasteiger partial charge in [0, 0.05) is 18.1 Å². The van der Waals surface area contributed by atoms with Crippen molar-refractivity contribution in [2.45, 2.75) is 46.1 Å². The van der Waals surface area contributed by atoms with E-state index in [0.29, 0.717) is 5.92 Å². The normalized spacial score (nSPS) is 12.5. The Balaban J connectivity index is 2.26. The number of carbonyl (C=O) groups excluding carboxylic acids is 1. The number of para-hydroxylation sites is 1. The lowest BCUT2D eigenvalue weighted by Crippen LogP contribution is -2.09. The first-order valence-electron chi connectivity index (χ1n) is 7.58. The van der Waals surface area contributed by atoms with Gasteiger partial charge in [-0.15, -0.1) is 0 Å². The average Bonchev–Trinajstić information content (AvgIpc) is 2.82.